The Labute approximate surface area is 198 Å². The van der Waals surface area contributed by atoms with Crippen molar-refractivity contribution >= 4 is 17.7 Å². The monoisotopic (exact) mass is 457 g/mol. The predicted molar refractivity (Wildman–Crippen MR) is 132 cm³/mol. The fourth-order valence-electron chi connectivity index (χ4n) is 3.66. The number of hydrogen-bond donors (Lipinski definition) is 1. The largest absolute Gasteiger partial charge is 0.349 e. The molecular weight excluding hydrogens is 430 g/mol. The highest BCUT2D eigenvalue weighted by Crippen LogP contribution is 2.28. The van der Waals surface area contributed by atoms with E-state index in [-0.39, 0.29) is 17.7 Å². The zero-order chi connectivity index (χ0) is 23.0. The molecular formula is C26H27N5OS. The Morgan fingerprint density at radius 1 is 0.939 bits per heavy atom. The highest BCUT2D eigenvalue weighted by Gasteiger charge is 2.19. The van der Waals surface area contributed by atoms with Gasteiger partial charge in [-0.25, -0.2) is 0 Å². The smallest absolute Gasteiger partial charge is 0.230 e. The van der Waals surface area contributed by atoms with Crippen LogP contribution in [0.5, 0.6) is 0 Å². The Bertz CT molecular complexity index is 1160. The van der Waals surface area contributed by atoms with Crippen molar-refractivity contribution in [1.29, 1.82) is 0 Å². The number of aromatic nitrogens is 4. The molecule has 2 aromatic carbocycles. The molecule has 0 bridgehead atoms. The van der Waals surface area contributed by atoms with Gasteiger partial charge in [0.2, 0.25) is 5.91 Å². The van der Waals surface area contributed by atoms with Gasteiger partial charge in [0, 0.05) is 23.6 Å². The van der Waals surface area contributed by atoms with E-state index in [2.05, 4.69) is 46.5 Å². The molecule has 2 heterocycles. The summed E-state index contributed by atoms with van der Waals surface area (Å²) in [6, 6.07) is 23.9. The lowest BCUT2D eigenvalue weighted by molar-refractivity contribution is -0.119. The van der Waals surface area contributed by atoms with Crippen molar-refractivity contribution in [3.63, 3.8) is 0 Å². The molecule has 4 rings (SSSR count). The van der Waals surface area contributed by atoms with E-state index in [0.29, 0.717) is 16.9 Å². The van der Waals surface area contributed by atoms with Gasteiger partial charge in [-0.05, 0) is 42.2 Å². The lowest BCUT2D eigenvalue weighted by Gasteiger charge is -2.21. The number of nitrogens with one attached hydrogen (secondary N) is 1. The molecule has 0 saturated carbocycles. The summed E-state index contributed by atoms with van der Waals surface area (Å²) >= 11 is 1.38. The number of carbonyl (C=O) groups excluding carboxylic acids is 1. The molecule has 4 aromatic rings. The molecule has 6 nitrogen and oxygen atoms in total. The van der Waals surface area contributed by atoms with Crippen LogP contribution in [0.3, 0.4) is 0 Å². The van der Waals surface area contributed by atoms with Crippen molar-refractivity contribution < 1.29 is 4.79 Å². The third-order valence-corrected chi connectivity index (χ3v) is 6.09. The fraction of sp³-hybridized carbons (Fsp3) is 0.231. The van der Waals surface area contributed by atoms with Crippen LogP contribution in [-0.2, 0) is 4.79 Å². The lowest BCUT2D eigenvalue weighted by atomic mass is 9.97. The second kappa shape index (κ2) is 10.9. The van der Waals surface area contributed by atoms with Crippen molar-refractivity contribution in [2.45, 2.75) is 31.5 Å². The summed E-state index contributed by atoms with van der Waals surface area (Å²) in [6.45, 7) is 4.33. The van der Waals surface area contributed by atoms with Crippen LogP contribution in [0.4, 0.5) is 0 Å². The molecule has 0 aliphatic carbocycles. The van der Waals surface area contributed by atoms with Crippen LogP contribution in [0.1, 0.15) is 31.9 Å². The molecule has 1 atom stereocenters. The minimum Gasteiger partial charge on any atom is -0.349 e. The van der Waals surface area contributed by atoms with E-state index in [1.165, 1.54) is 11.8 Å². The second-order valence-corrected chi connectivity index (χ2v) is 9.10. The third-order valence-electron chi connectivity index (χ3n) is 5.16. The maximum Gasteiger partial charge on any atom is 0.230 e. The molecule has 0 fully saturated rings. The Morgan fingerprint density at radius 2 is 1.61 bits per heavy atom. The van der Waals surface area contributed by atoms with Crippen LogP contribution in [0.25, 0.3) is 17.1 Å². The van der Waals surface area contributed by atoms with E-state index in [9.17, 15) is 4.79 Å². The van der Waals surface area contributed by atoms with Gasteiger partial charge in [0.25, 0.3) is 0 Å². The van der Waals surface area contributed by atoms with Crippen molar-refractivity contribution in [2.75, 3.05) is 5.75 Å². The van der Waals surface area contributed by atoms with Crippen molar-refractivity contribution in [3.05, 3.63) is 90.8 Å². The van der Waals surface area contributed by atoms with Gasteiger partial charge in [-0.2, -0.15) is 0 Å². The summed E-state index contributed by atoms with van der Waals surface area (Å²) < 4.78 is 1.98. The number of pyridine rings is 1. The number of thioether (sulfide) groups is 1. The van der Waals surface area contributed by atoms with Crippen LogP contribution in [0, 0.1) is 5.92 Å². The van der Waals surface area contributed by atoms with Gasteiger partial charge in [-0.1, -0.05) is 74.1 Å². The summed E-state index contributed by atoms with van der Waals surface area (Å²) in [6.07, 6.45) is 4.35. The summed E-state index contributed by atoms with van der Waals surface area (Å²) in [5, 5.41) is 12.7. The molecule has 1 N–H and O–H groups in total. The van der Waals surface area contributed by atoms with E-state index < -0.39 is 0 Å². The van der Waals surface area contributed by atoms with Gasteiger partial charge in [-0.15, -0.1) is 10.2 Å². The van der Waals surface area contributed by atoms with Crippen molar-refractivity contribution in [1.82, 2.24) is 25.1 Å². The first kappa shape index (κ1) is 22.7. The van der Waals surface area contributed by atoms with E-state index in [0.717, 1.165) is 23.2 Å². The van der Waals surface area contributed by atoms with Crippen LogP contribution >= 0.6 is 11.8 Å². The summed E-state index contributed by atoms with van der Waals surface area (Å²) in [7, 11) is 0. The van der Waals surface area contributed by atoms with Gasteiger partial charge < -0.3 is 5.32 Å². The van der Waals surface area contributed by atoms with E-state index >= 15 is 0 Å². The first-order chi connectivity index (χ1) is 16.1. The van der Waals surface area contributed by atoms with E-state index in [1.807, 2.05) is 65.2 Å². The zero-order valence-electron chi connectivity index (χ0n) is 18.8. The molecule has 0 aliphatic heterocycles. The van der Waals surface area contributed by atoms with Gasteiger partial charge >= 0.3 is 0 Å². The number of amides is 1. The number of carbonyl (C=O) groups is 1. The summed E-state index contributed by atoms with van der Waals surface area (Å²) in [5.41, 5.74) is 2.98. The Kier molecular flexibility index (Phi) is 7.52. The highest BCUT2D eigenvalue weighted by atomic mass is 32.2. The van der Waals surface area contributed by atoms with Gasteiger partial charge in [0.05, 0.1) is 11.8 Å². The van der Waals surface area contributed by atoms with Crippen molar-refractivity contribution in [3.8, 4) is 17.1 Å². The lowest BCUT2D eigenvalue weighted by Crippen LogP contribution is -2.31. The van der Waals surface area contributed by atoms with Crippen LogP contribution < -0.4 is 5.32 Å². The third kappa shape index (κ3) is 5.87. The summed E-state index contributed by atoms with van der Waals surface area (Å²) in [4.78, 5) is 17.0. The normalized spacial score (nSPS) is 12.0. The van der Waals surface area contributed by atoms with E-state index in [1.54, 1.807) is 12.4 Å². The summed E-state index contributed by atoms with van der Waals surface area (Å²) in [5.74, 6) is 1.41. The first-order valence-corrected chi connectivity index (χ1v) is 12.0. The molecule has 168 valence electrons. The molecule has 2 aromatic heterocycles. The first-order valence-electron chi connectivity index (χ1n) is 11.0. The molecule has 1 amide bonds. The van der Waals surface area contributed by atoms with Gasteiger partial charge in [-0.3, -0.25) is 14.3 Å². The Hall–Kier alpha value is -3.45. The number of nitrogens with zero attached hydrogens (tertiary/aromatic N) is 4. The quantitative estimate of drug-likeness (QED) is 0.344. The molecule has 1 unspecified atom stereocenters. The van der Waals surface area contributed by atoms with Gasteiger partial charge in [0.15, 0.2) is 11.0 Å². The maximum absolute atomic E-state index is 12.9. The molecule has 0 aliphatic rings. The fourth-order valence-corrected chi connectivity index (χ4v) is 4.43. The van der Waals surface area contributed by atoms with E-state index in [4.69, 9.17) is 0 Å². The number of hydrogen-bond acceptors (Lipinski definition) is 5. The predicted octanol–water partition coefficient (Wildman–Crippen LogP) is 5.33. The van der Waals surface area contributed by atoms with Crippen molar-refractivity contribution in [2.24, 2.45) is 5.92 Å². The SMILES string of the molecule is CC(C)CC(NC(=O)CSc1nnc(-c2ccncc2)n1-c1ccccc1)c1ccccc1. The molecule has 0 saturated heterocycles. The van der Waals surface area contributed by atoms with Crippen LogP contribution in [0.2, 0.25) is 0 Å². The average molecular weight is 458 g/mol. The molecule has 0 radical (unpaired) electrons. The van der Waals surface area contributed by atoms with Gasteiger partial charge in [0.1, 0.15) is 0 Å². The number of para-hydroxylation sites is 1. The van der Waals surface area contributed by atoms with Crippen LogP contribution in [-0.4, -0.2) is 31.4 Å². The zero-order valence-corrected chi connectivity index (χ0v) is 19.6. The molecule has 33 heavy (non-hydrogen) atoms. The number of rotatable bonds is 9. The highest BCUT2D eigenvalue weighted by molar-refractivity contribution is 7.99. The topological polar surface area (TPSA) is 72.7 Å². The maximum atomic E-state index is 12.9. The second-order valence-electron chi connectivity index (χ2n) is 8.16. The molecule has 7 heteroatoms. The average Bonchev–Trinajstić information content (AvgIpc) is 3.28. The Morgan fingerprint density at radius 3 is 2.27 bits per heavy atom. The Balaban J connectivity index is 1.53. The van der Waals surface area contributed by atoms with Crippen LogP contribution in [0.15, 0.2) is 90.3 Å². The number of benzene rings is 2. The minimum atomic E-state index is -0.0254. The minimum absolute atomic E-state index is 0.0151. The molecule has 0 spiro atoms. The standard InChI is InChI=1S/C26H27N5OS/c1-19(2)17-23(20-9-5-3-6-10-20)28-24(32)18-33-26-30-29-25(21-13-15-27-16-14-21)31(26)22-11-7-4-8-12-22/h3-16,19,23H,17-18H2,1-2H3,(H,28,32).